The predicted molar refractivity (Wildman–Crippen MR) is 130 cm³/mol. The molecule has 0 aromatic heterocycles. The first-order chi connectivity index (χ1) is 13.8. The summed E-state index contributed by atoms with van der Waals surface area (Å²) < 4.78 is 11.4. The summed E-state index contributed by atoms with van der Waals surface area (Å²) in [5.74, 6) is 2.87. The molecule has 6 heteroatoms. The molecule has 29 heavy (non-hydrogen) atoms. The van der Waals surface area contributed by atoms with E-state index in [0.29, 0.717) is 0 Å². The Kier molecular flexibility index (Phi) is 10.1. The second kappa shape index (κ2) is 12.6. The predicted octanol–water partition coefficient (Wildman–Crippen LogP) is 4.36. The van der Waals surface area contributed by atoms with Crippen molar-refractivity contribution in [1.29, 1.82) is 0 Å². The van der Waals surface area contributed by atoms with Crippen molar-refractivity contribution in [3.63, 3.8) is 0 Å². The van der Waals surface area contributed by atoms with Crippen LogP contribution in [0.1, 0.15) is 24.8 Å². The number of methoxy groups -OCH3 is 1. The van der Waals surface area contributed by atoms with Crippen molar-refractivity contribution in [3.05, 3.63) is 60.2 Å². The third kappa shape index (κ3) is 7.42. The summed E-state index contributed by atoms with van der Waals surface area (Å²) in [6.07, 6.45) is 4.39. The van der Waals surface area contributed by atoms with Crippen molar-refractivity contribution in [3.8, 4) is 11.5 Å². The van der Waals surface area contributed by atoms with E-state index in [-0.39, 0.29) is 30.1 Å². The number of guanidine groups is 1. The maximum atomic E-state index is 6.09. The lowest BCUT2D eigenvalue weighted by molar-refractivity contribution is 0.129. The Bertz CT molecular complexity index is 747. The van der Waals surface area contributed by atoms with Crippen molar-refractivity contribution < 1.29 is 9.47 Å². The zero-order valence-electron chi connectivity index (χ0n) is 17.3. The number of halogens is 1. The zero-order valence-corrected chi connectivity index (χ0v) is 19.7. The van der Waals surface area contributed by atoms with Gasteiger partial charge in [-0.25, -0.2) is 0 Å². The maximum absolute atomic E-state index is 6.09. The van der Waals surface area contributed by atoms with E-state index in [1.54, 1.807) is 7.11 Å². The average Bonchev–Trinajstić information content (AvgIpc) is 2.75. The van der Waals surface area contributed by atoms with Crippen molar-refractivity contribution in [1.82, 2.24) is 10.2 Å². The number of para-hydroxylation sites is 1. The van der Waals surface area contributed by atoms with Crippen LogP contribution in [0.2, 0.25) is 0 Å². The quantitative estimate of drug-likeness (QED) is 0.261. The molecule has 1 N–H and O–H groups in total. The van der Waals surface area contributed by atoms with Gasteiger partial charge in [0.2, 0.25) is 0 Å². The van der Waals surface area contributed by atoms with E-state index in [1.807, 2.05) is 49.5 Å². The van der Waals surface area contributed by atoms with Gasteiger partial charge in [0.25, 0.3) is 0 Å². The molecule has 1 aliphatic heterocycles. The van der Waals surface area contributed by atoms with E-state index in [0.717, 1.165) is 62.8 Å². The zero-order chi connectivity index (χ0) is 19.6. The molecule has 0 atom stereocenters. The highest BCUT2D eigenvalue weighted by Gasteiger charge is 2.22. The number of benzene rings is 2. The molecule has 0 radical (unpaired) electrons. The Morgan fingerprint density at radius 1 is 1.07 bits per heavy atom. The van der Waals surface area contributed by atoms with Crippen molar-refractivity contribution >= 4 is 29.9 Å². The minimum Gasteiger partial charge on any atom is -0.497 e. The molecule has 1 saturated heterocycles. The van der Waals surface area contributed by atoms with Crippen LogP contribution in [0.4, 0.5) is 0 Å². The van der Waals surface area contributed by atoms with E-state index in [4.69, 9.17) is 9.47 Å². The molecule has 0 amide bonds. The topological polar surface area (TPSA) is 46.1 Å². The van der Waals surface area contributed by atoms with Crippen LogP contribution in [0.25, 0.3) is 0 Å². The third-order valence-corrected chi connectivity index (χ3v) is 5.06. The summed E-state index contributed by atoms with van der Waals surface area (Å²) in [6, 6.07) is 18.4. The largest absolute Gasteiger partial charge is 0.497 e. The number of ether oxygens (including phenoxy) is 2. The molecule has 5 nitrogen and oxygen atoms in total. The van der Waals surface area contributed by atoms with Crippen LogP contribution in [-0.4, -0.2) is 50.8 Å². The molecule has 1 heterocycles. The number of aryl methyl sites for hydroxylation is 1. The first-order valence-electron chi connectivity index (χ1n) is 10.1. The normalized spacial score (nSPS) is 14.8. The molecule has 0 aliphatic carbocycles. The molecular weight excluding hydrogens is 477 g/mol. The number of piperidine rings is 1. The van der Waals surface area contributed by atoms with Gasteiger partial charge >= 0.3 is 0 Å². The van der Waals surface area contributed by atoms with Gasteiger partial charge in [-0.15, -0.1) is 24.0 Å². The van der Waals surface area contributed by atoms with Gasteiger partial charge in [-0.05, 0) is 42.7 Å². The van der Waals surface area contributed by atoms with Gasteiger partial charge in [-0.3, -0.25) is 4.99 Å². The van der Waals surface area contributed by atoms with Crippen LogP contribution >= 0.6 is 24.0 Å². The molecule has 2 aromatic rings. The first kappa shape index (κ1) is 23.3. The van der Waals surface area contributed by atoms with Crippen LogP contribution in [0.5, 0.6) is 11.5 Å². The fourth-order valence-electron chi connectivity index (χ4n) is 3.53. The summed E-state index contributed by atoms with van der Waals surface area (Å²) in [5.41, 5.74) is 1.30. The van der Waals surface area contributed by atoms with Crippen LogP contribution in [0, 0.1) is 0 Å². The summed E-state index contributed by atoms with van der Waals surface area (Å²) in [4.78, 5) is 6.79. The Morgan fingerprint density at radius 3 is 2.48 bits per heavy atom. The maximum Gasteiger partial charge on any atom is 0.193 e. The van der Waals surface area contributed by atoms with E-state index in [9.17, 15) is 0 Å². The number of aliphatic imine (C=N–C) groups is 1. The van der Waals surface area contributed by atoms with Crippen molar-refractivity contribution in [2.45, 2.75) is 31.8 Å². The molecule has 0 spiro atoms. The third-order valence-electron chi connectivity index (χ3n) is 5.06. The molecule has 1 fully saturated rings. The molecule has 0 saturated carbocycles. The number of nitrogens with zero attached hydrogens (tertiary/aromatic N) is 2. The highest BCUT2D eigenvalue weighted by molar-refractivity contribution is 14.0. The summed E-state index contributed by atoms with van der Waals surface area (Å²) in [7, 11) is 3.57. The fraction of sp³-hybridized carbons (Fsp3) is 0.435. The van der Waals surface area contributed by atoms with Gasteiger partial charge in [0.1, 0.15) is 17.6 Å². The standard InChI is InChI=1S/C23H31N3O2.HI/c1-24-23(25-15-7-9-19-8-6-12-22(18-19)27-2)26-16-13-21(14-17-26)28-20-10-4-3-5-11-20;/h3-6,8,10-12,18,21H,7,9,13-17H2,1-2H3,(H,24,25);1H. The van der Waals surface area contributed by atoms with Gasteiger partial charge in [0.05, 0.1) is 7.11 Å². The number of hydrogen-bond donors (Lipinski definition) is 1. The van der Waals surface area contributed by atoms with Crippen molar-refractivity contribution in [2.75, 3.05) is 33.8 Å². The Morgan fingerprint density at radius 2 is 1.79 bits per heavy atom. The Labute approximate surface area is 191 Å². The second-order valence-electron chi connectivity index (χ2n) is 7.05. The SMILES string of the molecule is CN=C(NCCCc1cccc(OC)c1)N1CCC(Oc2ccccc2)CC1.I. The lowest BCUT2D eigenvalue weighted by atomic mass is 10.1. The van der Waals surface area contributed by atoms with E-state index >= 15 is 0 Å². The van der Waals surface area contributed by atoms with E-state index in [2.05, 4.69) is 27.3 Å². The summed E-state index contributed by atoms with van der Waals surface area (Å²) in [6.45, 7) is 2.84. The summed E-state index contributed by atoms with van der Waals surface area (Å²) in [5, 5.41) is 3.51. The van der Waals surface area contributed by atoms with Gasteiger partial charge in [-0.1, -0.05) is 30.3 Å². The van der Waals surface area contributed by atoms with Crippen LogP contribution < -0.4 is 14.8 Å². The highest BCUT2D eigenvalue weighted by atomic mass is 127. The minimum atomic E-state index is 0. The fourth-order valence-corrected chi connectivity index (χ4v) is 3.53. The first-order valence-corrected chi connectivity index (χ1v) is 10.1. The van der Waals surface area contributed by atoms with E-state index in [1.165, 1.54) is 5.56 Å². The smallest absolute Gasteiger partial charge is 0.193 e. The van der Waals surface area contributed by atoms with E-state index < -0.39 is 0 Å². The van der Waals surface area contributed by atoms with Crippen LogP contribution in [0.15, 0.2) is 59.6 Å². The number of nitrogens with one attached hydrogen (secondary N) is 1. The minimum absolute atomic E-state index is 0. The molecule has 3 rings (SSSR count). The number of hydrogen-bond acceptors (Lipinski definition) is 3. The lowest BCUT2D eigenvalue weighted by Gasteiger charge is -2.34. The van der Waals surface area contributed by atoms with Crippen LogP contribution in [-0.2, 0) is 6.42 Å². The lowest BCUT2D eigenvalue weighted by Crippen LogP contribution is -2.47. The Balaban J connectivity index is 0.00000300. The van der Waals surface area contributed by atoms with Crippen molar-refractivity contribution in [2.24, 2.45) is 4.99 Å². The van der Waals surface area contributed by atoms with Gasteiger partial charge < -0.3 is 19.7 Å². The van der Waals surface area contributed by atoms with Gasteiger partial charge in [0.15, 0.2) is 5.96 Å². The number of rotatable bonds is 7. The average molecular weight is 509 g/mol. The van der Waals surface area contributed by atoms with Crippen LogP contribution in [0.3, 0.4) is 0 Å². The monoisotopic (exact) mass is 509 g/mol. The Hall–Kier alpha value is -1.96. The molecule has 1 aliphatic rings. The number of likely N-dealkylation sites (tertiary alicyclic amines) is 1. The van der Waals surface area contributed by atoms with Gasteiger partial charge in [0, 0.05) is 39.5 Å². The molecule has 0 unspecified atom stereocenters. The molecular formula is C23H32IN3O2. The molecule has 2 aromatic carbocycles. The summed E-state index contributed by atoms with van der Waals surface area (Å²) >= 11 is 0. The van der Waals surface area contributed by atoms with Gasteiger partial charge in [-0.2, -0.15) is 0 Å². The highest BCUT2D eigenvalue weighted by Crippen LogP contribution is 2.19. The molecule has 0 bridgehead atoms. The second-order valence-corrected chi connectivity index (χ2v) is 7.05. The molecule has 158 valence electrons.